The molecule has 0 spiro atoms. The first-order valence-corrected chi connectivity index (χ1v) is 28.4. The van der Waals surface area contributed by atoms with Crippen molar-refractivity contribution in [3.63, 3.8) is 0 Å². The Kier molecular flexibility index (Phi) is 21.6. The van der Waals surface area contributed by atoms with E-state index < -0.39 is 54.7 Å². The Labute approximate surface area is 455 Å². The number of nitrogens with zero attached hydrogens (tertiary/aromatic N) is 2. The highest BCUT2D eigenvalue weighted by Gasteiger charge is 2.39. The monoisotopic (exact) mass is 1100 g/mol. The van der Waals surface area contributed by atoms with E-state index in [4.69, 9.17) is 30.8 Å². The predicted molar refractivity (Wildman–Crippen MR) is 282 cm³/mol. The van der Waals surface area contributed by atoms with Crippen LogP contribution in [0.25, 0.3) is 0 Å². The fourth-order valence-electron chi connectivity index (χ4n) is 12.9. The Morgan fingerprint density at radius 1 is 0.615 bits per heavy atom. The summed E-state index contributed by atoms with van der Waals surface area (Å²) >= 11 is 0. The van der Waals surface area contributed by atoms with Crippen molar-refractivity contribution in [2.45, 2.75) is 242 Å². The first-order valence-electron chi connectivity index (χ1n) is 28.4. The molecule has 0 unspecified atom stereocenters. The van der Waals surface area contributed by atoms with Crippen LogP contribution in [0.2, 0.25) is 0 Å². The third-order valence-electron chi connectivity index (χ3n) is 16.7. The molecule has 0 bridgehead atoms. The van der Waals surface area contributed by atoms with Crippen LogP contribution in [-0.4, -0.2) is 118 Å². The van der Waals surface area contributed by atoms with E-state index in [1.807, 2.05) is 24.3 Å². The summed E-state index contributed by atoms with van der Waals surface area (Å²) in [6.45, 7) is 0.435. The minimum atomic E-state index is -2.71. The zero-order valence-electron chi connectivity index (χ0n) is 45.5. The first-order chi connectivity index (χ1) is 37.1. The molecule has 78 heavy (non-hydrogen) atoms. The second kappa shape index (κ2) is 27.8. The fraction of sp³-hybridized carbons (Fsp3) is 0.690. The highest BCUT2D eigenvalue weighted by atomic mass is 19.3. The average molecular weight is 1100 g/mol. The summed E-state index contributed by atoms with van der Waals surface area (Å²) in [7, 11) is 0. The van der Waals surface area contributed by atoms with Gasteiger partial charge >= 0.3 is 25.2 Å². The molecule has 2 heterocycles. The lowest BCUT2D eigenvalue weighted by molar-refractivity contribution is -0.171. The molecule has 4 aliphatic carbocycles. The van der Waals surface area contributed by atoms with Crippen molar-refractivity contribution in [1.82, 2.24) is 20.4 Å². The molecule has 6 aliphatic rings. The number of esters is 1. The van der Waals surface area contributed by atoms with Crippen LogP contribution >= 0.6 is 0 Å². The van der Waals surface area contributed by atoms with Gasteiger partial charge in [-0.15, -0.1) is 0 Å². The molecule has 0 radical (unpaired) electrons. The molecule has 4 fully saturated rings. The molecule has 4 amide bonds. The first kappa shape index (κ1) is 60.5. The second-order valence-electron chi connectivity index (χ2n) is 23.5. The van der Waals surface area contributed by atoms with E-state index in [9.17, 15) is 46.3 Å². The number of amides is 4. The highest BCUT2D eigenvalue weighted by Crippen LogP contribution is 2.36. The van der Waals surface area contributed by atoms with Gasteiger partial charge in [-0.25, -0.2) is 0 Å². The van der Waals surface area contributed by atoms with Crippen LogP contribution in [0.3, 0.4) is 0 Å². The number of primary amides is 2. The summed E-state index contributed by atoms with van der Waals surface area (Å²) < 4.78 is 64.9. The summed E-state index contributed by atoms with van der Waals surface area (Å²) in [4.78, 5) is 76.5. The number of nitrogens with one attached hydrogen (secondary N) is 2. The number of halogens is 4. The molecular formula is C58H82F4N6O10. The number of nitrogens with two attached hydrogens (primary N) is 2. The van der Waals surface area contributed by atoms with Crippen LogP contribution in [-0.2, 0) is 59.3 Å². The van der Waals surface area contributed by atoms with Gasteiger partial charge in [-0.05, 0) is 170 Å². The van der Waals surface area contributed by atoms with Crippen molar-refractivity contribution in [2.75, 3.05) is 0 Å². The van der Waals surface area contributed by atoms with Gasteiger partial charge in [0.15, 0.2) is 0 Å². The number of benzene rings is 2. The largest absolute Gasteiger partial charge is 0.481 e. The van der Waals surface area contributed by atoms with Gasteiger partial charge in [0.05, 0.1) is 12.2 Å². The molecule has 7 N–H and O–H groups in total. The molecule has 6 atom stereocenters. The third-order valence-corrected chi connectivity index (χ3v) is 16.7. The maximum absolute atomic E-state index is 13.2. The number of alkyl halides is 4. The molecule has 0 saturated heterocycles. The van der Waals surface area contributed by atoms with Crippen LogP contribution < -0.4 is 22.1 Å². The van der Waals surface area contributed by atoms with Crippen LogP contribution in [0, 0.1) is 11.8 Å². The van der Waals surface area contributed by atoms with Gasteiger partial charge in [0.1, 0.15) is 17.7 Å². The standard InChI is InChI=1S/C31H45F2N3O5.C27H37F2N3O5/c1-31(2,3)41-27(37)15-14-26(28(34)38)36-18-21-17-19(8-13-24(21)29(36)39)16-20-6-4-5-7-25(20)35-22-9-11-23(12-10-22)40-30(32)33;28-27(29)37-20-8-6-19(7-9-20)31-22-4-2-1-3-17(22)13-16-5-10-21-18(14-16)15-32(26(21)36)23(25(30)35)11-12-24(33)34/h8,13,17,20,22-23,25-26,30,35H,4-7,9-12,14-16,18H2,1-3H3,(H2,34,38);5,10,14,17,19-20,22-23,27,31H,1-4,6-9,11-13,15H2,(H2,30,35)(H,33,34)/t20-,22?,23?,25+,26+;17-,19?,20?,22+,23+/m11/s1. The number of carboxylic acids is 1. The number of carbonyl (C=O) groups is 6. The Balaban J connectivity index is 0.000000227. The van der Waals surface area contributed by atoms with Crippen molar-refractivity contribution in [2.24, 2.45) is 23.3 Å². The third kappa shape index (κ3) is 17.2. The molecule has 432 valence electrons. The van der Waals surface area contributed by atoms with Crippen molar-refractivity contribution in [1.29, 1.82) is 0 Å². The second-order valence-corrected chi connectivity index (χ2v) is 23.5. The normalized spacial score (nSPS) is 26.2. The van der Waals surface area contributed by atoms with Gasteiger partial charge in [0, 0.05) is 61.2 Å². The summed E-state index contributed by atoms with van der Waals surface area (Å²) in [6.07, 6.45) is 15.9. The number of hydrogen-bond acceptors (Lipinski definition) is 11. The van der Waals surface area contributed by atoms with E-state index in [1.165, 1.54) is 29.1 Å². The summed E-state index contributed by atoms with van der Waals surface area (Å²) in [5.41, 5.74) is 15.6. The molecule has 8 rings (SSSR count). The number of carboxylic acid groups (broad SMARTS) is 1. The summed E-state index contributed by atoms with van der Waals surface area (Å²) in [5, 5.41) is 16.6. The lowest BCUT2D eigenvalue weighted by atomic mass is 9.79. The number of ether oxygens (including phenoxy) is 3. The lowest BCUT2D eigenvalue weighted by Crippen LogP contribution is -2.47. The van der Waals surface area contributed by atoms with Crippen LogP contribution in [0.4, 0.5) is 17.6 Å². The minimum absolute atomic E-state index is 0.00673. The molecule has 16 nitrogen and oxygen atoms in total. The number of aliphatic carboxylic acids is 1. The van der Waals surface area contributed by atoms with Gasteiger partial charge in [-0.3, -0.25) is 28.8 Å². The maximum Gasteiger partial charge on any atom is 0.345 e. The van der Waals surface area contributed by atoms with E-state index >= 15 is 0 Å². The maximum atomic E-state index is 13.2. The van der Waals surface area contributed by atoms with Gasteiger partial charge in [0.25, 0.3) is 11.8 Å². The lowest BCUT2D eigenvalue weighted by Gasteiger charge is -2.38. The van der Waals surface area contributed by atoms with Crippen molar-refractivity contribution in [3.05, 3.63) is 69.8 Å². The van der Waals surface area contributed by atoms with Gasteiger partial charge < -0.3 is 51.2 Å². The van der Waals surface area contributed by atoms with Gasteiger partial charge in [-0.1, -0.05) is 49.9 Å². The topological polar surface area (TPSA) is 233 Å². The zero-order chi connectivity index (χ0) is 56.3. The van der Waals surface area contributed by atoms with Gasteiger partial charge in [0.2, 0.25) is 11.8 Å². The van der Waals surface area contributed by atoms with E-state index in [-0.39, 0.29) is 62.8 Å². The fourth-order valence-corrected chi connectivity index (χ4v) is 12.9. The van der Waals surface area contributed by atoms with E-state index in [0.29, 0.717) is 72.8 Å². The Morgan fingerprint density at radius 3 is 1.38 bits per heavy atom. The molecule has 20 heteroatoms. The number of carbonyl (C=O) groups excluding carboxylic acids is 5. The van der Waals surface area contributed by atoms with E-state index in [0.717, 1.165) is 92.9 Å². The van der Waals surface area contributed by atoms with Crippen molar-refractivity contribution < 1.29 is 65.6 Å². The smallest absolute Gasteiger partial charge is 0.345 e. The highest BCUT2D eigenvalue weighted by molar-refractivity contribution is 6.02. The summed E-state index contributed by atoms with van der Waals surface area (Å²) in [5.74, 6) is -2.47. The quantitative estimate of drug-likeness (QED) is 0.0552. The van der Waals surface area contributed by atoms with Crippen molar-refractivity contribution >= 4 is 35.6 Å². The number of fused-ring (bicyclic) bond motifs is 2. The Morgan fingerprint density at radius 2 is 1.01 bits per heavy atom. The van der Waals surface area contributed by atoms with Crippen LogP contribution in [0.5, 0.6) is 0 Å². The molecule has 4 saturated carbocycles. The average Bonchev–Trinajstić information content (AvgIpc) is 4.03. The van der Waals surface area contributed by atoms with Crippen molar-refractivity contribution in [3.8, 4) is 0 Å². The van der Waals surface area contributed by atoms with E-state index in [2.05, 4.69) is 16.7 Å². The zero-order valence-corrected chi connectivity index (χ0v) is 45.5. The molecule has 2 aliphatic heterocycles. The molecule has 2 aromatic rings. The number of hydrogen-bond donors (Lipinski definition) is 5. The molecular weight excluding hydrogens is 1020 g/mol. The number of rotatable bonds is 22. The SMILES string of the molecule is CC(C)(C)OC(=O)CC[C@@H](C(N)=O)N1Cc2cc(C[C@H]3CCCC[C@@H]3NC3CCC(OC(F)F)CC3)ccc2C1=O.NC(=O)[C@H](CCC(=O)O)N1Cc2cc(C[C@H]3CCCC[C@@H]3NC3CCC(OC(F)F)CC3)ccc2C1=O. The van der Waals surface area contributed by atoms with Crippen LogP contribution in [0.1, 0.15) is 192 Å². The Hall–Kier alpha value is -5.18. The summed E-state index contributed by atoms with van der Waals surface area (Å²) in [6, 6.07) is 11.2. The minimum Gasteiger partial charge on any atom is -0.481 e. The predicted octanol–water partition coefficient (Wildman–Crippen LogP) is 8.46. The molecule has 0 aromatic heterocycles. The van der Waals surface area contributed by atoms with Gasteiger partial charge in [-0.2, -0.15) is 17.6 Å². The molecule has 2 aromatic carbocycles. The van der Waals surface area contributed by atoms with Crippen LogP contribution in [0.15, 0.2) is 36.4 Å². The van der Waals surface area contributed by atoms with E-state index in [1.54, 1.807) is 26.8 Å². The Bertz CT molecular complexity index is 2390.